The number of fused-ring (bicyclic) bond motifs is 1. The highest BCUT2D eigenvalue weighted by Gasteiger charge is 2.44. The lowest BCUT2D eigenvalue weighted by Crippen LogP contribution is -2.19. The molecule has 31 heavy (non-hydrogen) atoms. The minimum Gasteiger partial charge on any atom is -0.392 e. The van der Waals surface area contributed by atoms with Crippen LogP contribution in [-0.4, -0.2) is 33.9 Å². The fourth-order valence-corrected chi connectivity index (χ4v) is 5.01. The van der Waals surface area contributed by atoms with Crippen molar-refractivity contribution in [3.8, 4) is 11.8 Å². The van der Waals surface area contributed by atoms with Crippen LogP contribution in [0.2, 0.25) is 0 Å². The highest BCUT2D eigenvalue weighted by molar-refractivity contribution is 5.32. The van der Waals surface area contributed by atoms with Crippen molar-refractivity contribution in [1.82, 2.24) is 4.98 Å². The van der Waals surface area contributed by atoms with Gasteiger partial charge >= 0.3 is 0 Å². The molecule has 4 heteroatoms. The molecule has 2 aliphatic carbocycles. The summed E-state index contributed by atoms with van der Waals surface area (Å²) >= 11 is 0. The van der Waals surface area contributed by atoms with E-state index in [9.17, 15) is 10.2 Å². The number of hydrogen-bond acceptors (Lipinski definition) is 4. The maximum Gasteiger partial charge on any atom is 0.125 e. The van der Waals surface area contributed by atoms with Crippen LogP contribution in [0.15, 0.2) is 48.2 Å². The van der Waals surface area contributed by atoms with Crippen LogP contribution in [0.3, 0.4) is 0 Å². The number of nitrogens with one attached hydrogen (secondary N) is 1. The highest BCUT2D eigenvalue weighted by atomic mass is 16.3. The van der Waals surface area contributed by atoms with Gasteiger partial charge in [-0.05, 0) is 75.3 Å². The fraction of sp³-hybridized carbons (Fsp3) is 0.593. The second-order valence-corrected chi connectivity index (χ2v) is 9.20. The monoisotopic (exact) mass is 422 g/mol. The smallest absolute Gasteiger partial charge is 0.125 e. The molecular weight excluding hydrogens is 384 g/mol. The Hall–Kier alpha value is -2.09. The van der Waals surface area contributed by atoms with Gasteiger partial charge in [-0.25, -0.2) is 4.98 Å². The third-order valence-electron chi connectivity index (χ3n) is 6.86. The van der Waals surface area contributed by atoms with E-state index < -0.39 is 6.10 Å². The number of nitrogens with zero attached hydrogens (tertiary/aromatic N) is 1. The van der Waals surface area contributed by atoms with Crippen molar-refractivity contribution < 1.29 is 10.2 Å². The summed E-state index contributed by atoms with van der Waals surface area (Å²) in [6.07, 6.45) is 14.7. The molecule has 1 aromatic rings. The van der Waals surface area contributed by atoms with Crippen LogP contribution in [-0.2, 0) is 0 Å². The Morgan fingerprint density at radius 3 is 2.94 bits per heavy atom. The number of hydrogen-bond donors (Lipinski definition) is 3. The van der Waals surface area contributed by atoms with Crippen LogP contribution >= 0.6 is 0 Å². The maximum absolute atomic E-state index is 10.6. The molecule has 0 unspecified atom stereocenters. The number of rotatable bonds is 10. The first-order chi connectivity index (χ1) is 15.1. The van der Waals surface area contributed by atoms with Gasteiger partial charge in [0.1, 0.15) is 5.82 Å². The number of aliphatic hydroxyl groups excluding tert-OH is 2. The highest BCUT2D eigenvalue weighted by Crippen LogP contribution is 2.50. The molecular formula is C27H38N2O2. The van der Waals surface area contributed by atoms with Crippen molar-refractivity contribution in [1.29, 1.82) is 0 Å². The fourth-order valence-electron chi connectivity index (χ4n) is 5.01. The summed E-state index contributed by atoms with van der Waals surface area (Å²) < 4.78 is 0. The molecule has 4 nitrogen and oxygen atoms in total. The van der Waals surface area contributed by atoms with Gasteiger partial charge in [0.2, 0.25) is 0 Å². The average Bonchev–Trinajstić information content (AvgIpc) is 3.29. The maximum atomic E-state index is 10.6. The Morgan fingerprint density at radius 1 is 1.29 bits per heavy atom. The van der Waals surface area contributed by atoms with Crippen LogP contribution in [0, 0.1) is 35.5 Å². The molecule has 6 atom stereocenters. The van der Waals surface area contributed by atoms with Crippen molar-refractivity contribution in [2.24, 2.45) is 23.7 Å². The van der Waals surface area contributed by atoms with Crippen LogP contribution in [0.5, 0.6) is 0 Å². The zero-order valence-electron chi connectivity index (χ0n) is 19.0. The molecule has 1 aromatic heterocycles. The van der Waals surface area contributed by atoms with Crippen LogP contribution in [0.1, 0.15) is 58.8 Å². The summed E-state index contributed by atoms with van der Waals surface area (Å²) in [5.74, 6) is 8.26. The van der Waals surface area contributed by atoms with E-state index >= 15 is 0 Å². The standard InChI is InChI=1S/C27H38N2O2/c1-3-4-10-20(2)25(30)14-13-23-24-18-21(17-22(24)19-26(23)31)11-6-5-8-15-28-27-12-7-9-16-29-27/h7,9,11-14,16,20,22-26,30-31H,5-6,8,10,15,17-19H2,1-2H3,(H,28,29)/b14-13+,21-11+/t20-,22+,23-,24+,25-,26-/m1/s1. The Balaban J connectivity index is 1.41. The van der Waals surface area contributed by atoms with Crippen LogP contribution in [0.4, 0.5) is 5.82 Å². The van der Waals surface area contributed by atoms with Crippen LogP contribution < -0.4 is 5.32 Å². The predicted molar refractivity (Wildman–Crippen MR) is 127 cm³/mol. The molecule has 3 N–H and O–H groups in total. The second kappa shape index (κ2) is 12.1. The molecule has 0 aromatic carbocycles. The Bertz CT molecular complexity index is 792. The predicted octanol–water partition coefficient (Wildman–Crippen LogP) is 4.96. The molecule has 2 saturated carbocycles. The molecule has 0 aliphatic heterocycles. The lowest BCUT2D eigenvalue weighted by molar-refractivity contribution is 0.137. The molecule has 0 saturated heterocycles. The number of aliphatic hydroxyl groups is 2. The molecule has 0 amide bonds. The second-order valence-electron chi connectivity index (χ2n) is 9.20. The van der Waals surface area contributed by atoms with Crippen molar-refractivity contribution in [3.63, 3.8) is 0 Å². The molecule has 0 spiro atoms. The molecule has 3 rings (SSSR count). The summed E-state index contributed by atoms with van der Waals surface area (Å²) in [7, 11) is 0. The van der Waals surface area contributed by atoms with E-state index in [4.69, 9.17) is 0 Å². The molecule has 1 heterocycles. The largest absolute Gasteiger partial charge is 0.392 e. The third kappa shape index (κ3) is 6.95. The summed E-state index contributed by atoms with van der Waals surface area (Å²) in [5.41, 5.74) is 1.56. The van der Waals surface area contributed by atoms with Gasteiger partial charge < -0.3 is 15.5 Å². The van der Waals surface area contributed by atoms with E-state index in [0.29, 0.717) is 18.3 Å². The third-order valence-corrected chi connectivity index (χ3v) is 6.86. The van der Waals surface area contributed by atoms with Crippen LogP contribution in [0.25, 0.3) is 0 Å². The van der Waals surface area contributed by atoms with Crippen molar-refractivity contribution in [3.05, 3.63) is 48.2 Å². The topological polar surface area (TPSA) is 65.4 Å². The van der Waals surface area contributed by atoms with Crippen molar-refractivity contribution in [2.45, 2.75) is 71.0 Å². The van der Waals surface area contributed by atoms with Gasteiger partial charge in [-0.3, -0.25) is 0 Å². The normalized spacial score (nSPS) is 28.3. The van der Waals surface area contributed by atoms with Crippen molar-refractivity contribution >= 4 is 5.82 Å². The van der Waals surface area contributed by atoms with E-state index in [-0.39, 0.29) is 17.9 Å². The van der Waals surface area contributed by atoms with Gasteiger partial charge in [0.25, 0.3) is 0 Å². The zero-order valence-corrected chi connectivity index (χ0v) is 19.0. The molecule has 0 bridgehead atoms. The number of allylic oxidation sites excluding steroid dienone is 2. The van der Waals surface area contributed by atoms with E-state index in [1.165, 1.54) is 6.42 Å². The van der Waals surface area contributed by atoms with Gasteiger partial charge in [0, 0.05) is 25.1 Å². The molecule has 2 aliphatic rings. The zero-order chi connectivity index (χ0) is 22.1. The van der Waals surface area contributed by atoms with E-state index in [0.717, 1.165) is 44.5 Å². The lowest BCUT2D eigenvalue weighted by Gasteiger charge is -2.19. The summed E-state index contributed by atoms with van der Waals surface area (Å²) in [5, 5.41) is 24.3. The minimum atomic E-state index is -0.497. The van der Waals surface area contributed by atoms with Gasteiger partial charge in [0.15, 0.2) is 0 Å². The Kier molecular flexibility index (Phi) is 9.18. The number of pyridine rings is 1. The van der Waals surface area contributed by atoms with E-state index in [2.05, 4.69) is 34.3 Å². The van der Waals surface area contributed by atoms with Gasteiger partial charge in [-0.15, -0.1) is 11.8 Å². The molecule has 2 fully saturated rings. The number of unbranched alkanes of at least 4 members (excludes halogenated alkanes) is 2. The van der Waals surface area contributed by atoms with E-state index in [1.54, 1.807) is 5.57 Å². The molecule has 0 radical (unpaired) electrons. The summed E-state index contributed by atoms with van der Waals surface area (Å²) in [6, 6.07) is 5.93. The summed E-state index contributed by atoms with van der Waals surface area (Å²) in [4.78, 5) is 4.28. The quantitative estimate of drug-likeness (QED) is 0.283. The summed E-state index contributed by atoms with van der Waals surface area (Å²) in [6.45, 7) is 4.80. The Labute approximate surface area is 187 Å². The SMILES string of the molecule is CC#CC[C@@H](C)[C@H](O)/C=C/[C@@H]1[C@H]2C/C(=C/CCCCNc3ccccn3)C[C@H]2C[C@H]1O. The lowest BCUT2D eigenvalue weighted by atomic mass is 9.89. The molecule has 168 valence electrons. The van der Waals surface area contributed by atoms with Gasteiger partial charge in [-0.1, -0.05) is 36.8 Å². The first-order valence-electron chi connectivity index (χ1n) is 11.8. The van der Waals surface area contributed by atoms with E-state index in [1.807, 2.05) is 44.3 Å². The first kappa shape index (κ1) is 23.6. The number of anilines is 1. The minimum absolute atomic E-state index is 0.115. The Morgan fingerprint density at radius 2 is 2.16 bits per heavy atom. The van der Waals surface area contributed by atoms with Gasteiger partial charge in [0.05, 0.1) is 12.2 Å². The van der Waals surface area contributed by atoms with Crippen molar-refractivity contribution in [2.75, 3.05) is 11.9 Å². The van der Waals surface area contributed by atoms with Gasteiger partial charge in [-0.2, -0.15) is 0 Å². The average molecular weight is 423 g/mol. The first-order valence-corrected chi connectivity index (χ1v) is 11.8. The number of aromatic nitrogens is 1.